The van der Waals surface area contributed by atoms with Crippen LogP contribution in [0.15, 0.2) is 84.2 Å². The molecule has 0 bridgehead atoms. The van der Waals surface area contributed by atoms with E-state index in [1.54, 1.807) is 23.5 Å². The summed E-state index contributed by atoms with van der Waals surface area (Å²) in [5, 5.41) is 5.91. The first-order valence-corrected chi connectivity index (χ1v) is 12.3. The minimum absolute atomic E-state index is 0.0389. The smallest absolute Gasteiger partial charge is 0.238 e. The Hall–Kier alpha value is -3.75. The molecule has 4 aromatic rings. The van der Waals surface area contributed by atoms with Crippen LogP contribution < -0.4 is 15.0 Å². The maximum atomic E-state index is 13.2. The molecular weight excluding hydrogens is 463 g/mol. The lowest BCUT2D eigenvalue weighted by atomic mass is 10.2. The summed E-state index contributed by atoms with van der Waals surface area (Å²) in [4.78, 5) is 21.7. The lowest BCUT2D eigenvalue weighted by molar-refractivity contribution is -0.117. The van der Waals surface area contributed by atoms with Crippen molar-refractivity contribution in [2.45, 2.75) is 0 Å². The molecule has 1 aliphatic rings. The van der Waals surface area contributed by atoms with E-state index in [4.69, 9.17) is 9.72 Å². The number of para-hydroxylation sites is 1. The molecule has 1 aliphatic heterocycles. The Kier molecular flexibility index (Phi) is 7.02. The standard InChI is InChI=1S/C27H25FN4O2S/c28-21-8-6-20(7-9-21)25-19-35-27(30-25)32-16-14-31(15-17-32)18-26(33)29-22-10-12-24(13-11-22)34-23-4-2-1-3-5-23/h1-13,19H,14-18H2,(H,29,33). The molecule has 0 unspecified atom stereocenters. The minimum atomic E-state index is -0.251. The third-order valence-electron chi connectivity index (χ3n) is 5.76. The van der Waals surface area contributed by atoms with Crippen LogP contribution in [0.4, 0.5) is 15.2 Å². The number of carbonyl (C=O) groups excluding carboxylic acids is 1. The minimum Gasteiger partial charge on any atom is -0.457 e. The van der Waals surface area contributed by atoms with Crippen molar-refractivity contribution in [1.82, 2.24) is 9.88 Å². The van der Waals surface area contributed by atoms with Gasteiger partial charge >= 0.3 is 0 Å². The maximum absolute atomic E-state index is 13.2. The number of nitrogens with one attached hydrogen (secondary N) is 1. The average Bonchev–Trinajstić information content (AvgIpc) is 3.37. The van der Waals surface area contributed by atoms with Crippen molar-refractivity contribution < 1.29 is 13.9 Å². The highest BCUT2D eigenvalue weighted by Gasteiger charge is 2.21. The molecule has 1 amide bonds. The first kappa shape index (κ1) is 23.0. The monoisotopic (exact) mass is 488 g/mol. The van der Waals surface area contributed by atoms with Crippen LogP contribution >= 0.6 is 11.3 Å². The van der Waals surface area contributed by atoms with Crippen LogP contribution in [-0.4, -0.2) is 48.5 Å². The number of thiazole rings is 1. The summed E-state index contributed by atoms with van der Waals surface area (Å²) < 4.78 is 19.0. The van der Waals surface area contributed by atoms with E-state index in [-0.39, 0.29) is 11.7 Å². The molecule has 5 rings (SSSR count). The molecule has 35 heavy (non-hydrogen) atoms. The molecule has 1 fully saturated rings. The summed E-state index contributed by atoms with van der Waals surface area (Å²) in [7, 11) is 0. The SMILES string of the molecule is O=C(CN1CCN(c2nc(-c3ccc(F)cc3)cs2)CC1)Nc1ccc(Oc2ccccc2)cc1. The normalized spacial score (nSPS) is 14.0. The van der Waals surface area contributed by atoms with Crippen LogP contribution in [0.2, 0.25) is 0 Å². The Balaban J connectivity index is 1.09. The summed E-state index contributed by atoms with van der Waals surface area (Å²) in [5.74, 6) is 1.20. The number of amides is 1. The van der Waals surface area contributed by atoms with Crippen LogP contribution in [0.5, 0.6) is 11.5 Å². The lowest BCUT2D eigenvalue weighted by Crippen LogP contribution is -2.48. The topological polar surface area (TPSA) is 57.7 Å². The van der Waals surface area contributed by atoms with Gasteiger partial charge in [-0.25, -0.2) is 9.37 Å². The van der Waals surface area contributed by atoms with Gasteiger partial charge in [0.05, 0.1) is 12.2 Å². The Bertz CT molecular complexity index is 1250. The van der Waals surface area contributed by atoms with Gasteiger partial charge in [-0.15, -0.1) is 11.3 Å². The van der Waals surface area contributed by atoms with Gasteiger partial charge in [-0.3, -0.25) is 9.69 Å². The molecule has 0 aliphatic carbocycles. The van der Waals surface area contributed by atoms with E-state index in [1.165, 1.54) is 12.1 Å². The van der Waals surface area contributed by atoms with Crippen molar-refractivity contribution in [3.8, 4) is 22.8 Å². The number of halogens is 1. The summed E-state index contributed by atoms with van der Waals surface area (Å²) in [6, 6.07) is 23.3. The second-order valence-corrected chi connectivity index (χ2v) is 9.11. The number of carbonyl (C=O) groups is 1. The second kappa shape index (κ2) is 10.7. The van der Waals surface area contributed by atoms with Gasteiger partial charge in [0.15, 0.2) is 5.13 Å². The average molecular weight is 489 g/mol. The number of aromatic nitrogens is 1. The van der Waals surface area contributed by atoms with Gasteiger partial charge in [0.25, 0.3) is 0 Å². The number of anilines is 2. The van der Waals surface area contributed by atoms with Crippen LogP contribution in [0.3, 0.4) is 0 Å². The van der Waals surface area contributed by atoms with E-state index in [9.17, 15) is 9.18 Å². The molecule has 6 nitrogen and oxygen atoms in total. The second-order valence-electron chi connectivity index (χ2n) is 8.27. The fourth-order valence-corrected chi connectivity index (χ4v) is 4.78. The predicted octanol–water partition coefficient (Wildman–Crippen LogP) is 5.50. The lowest BCUT2D eigenvalue weighted by Gasteiger charge is -2.34. The van der Waals surface area contributed by atoms with Crippen molar-refractivity contribution in [3.05, 3.63) is 90.1 Å². The Labute approximate surface area is 207 Å². The zero-order chi connectivity index (χ0) is 24.0. The third-order valence-corrected chi connectivity index (χ3v) is 6.66. The highest BCUT2D eigenvalue weighted by Crippen LogP contribution is 2.28. The Morgan fingerprint density at radius 2 is 1.60 bits per heavy atom. The van der Waals surface area contributed by atoms with Gasteiger partial charge in [0.2, 0.25) is 5.91 Å². The first-order chi connectivity index (χ1) is 17.1. The highest BCUT2D eigenvalue weighted by atomic mass is 32.1. The van der Waals surface area contributed by atoms with E-state index in [1.807, 2.05) is 60.0 Å². The number of nitrogens with zero attached hydrogens (tertiary/aromatic N) is 3. The van der Waals surface area contributed by atoms with Crippen LogP contribution in [0, 0.1) is 5.82 Å². The van der Waals surface area contributed by atoms with E-state index < -0.39 is 0 Å². The van der Waals surface area contributed by atoms with E-state index in [0.717, 1.165) is 59.8 Å². The maximum Gasteiger partial charge on any atom is 0.238 e. The molecule has 0 spiro atoms. The zero-order valence-electron chi connectivity index (χ0n) is 19.1. The molecule has 0 atom stereocenters. The van der Waals surface area contributed by atoms with Gasteiger partial charge in [-0.2, -0.15) is 0 Å². The van der Waals surface area contributed by atoms with Crippen LogP contribution in [0.1, 0.15) is 0 Å². The van der Waals surface area contributed by atoms with Crippen LogP contribution in [-0.2, 0) is 4.79 Å². The van der Waals surface area contributed by atoms with Crippen LogP contribution in [0.25, 0.3) is 11.3 Å². The number of ether oxygens (including phenoxy) is 1. The summed E-state index contributed by atoms with van der Waals surface area (Å²) in [6.45, 7) is 3.50. The molecule has 3 aromatic carbocycles. The molecule has 2 heterocycles. The fraction of sp³-hybridized carbons (Fsp3) is 0.185. The summed E-state index contributed by atoms with van der Waals surface area (Å²) in [6.07, 6.45) is 0. The van der Waals surface area contributed by atoms with Gasteiger partial charge in [-0.1, -0.05) is 18.2 Å². The molecule has 1 aromatic heterocycles. The molecule has 1 N–H and O–H groups in total. The summed E-state index contributed by atoms with van der Waals surface area (Å²) >= 11 is 1.59. The Morgan fingerprint density at radius 1 is 0.914 bits per heavy atom. The quantitative estimate of drug-likeness (QED) is 0.372. The van der Waals surface area contributed by atoms with Gasteiger partial charge in [0.1, 0.15) is 17.3 Å². The molecule has 1 saturated heterocycles. The van der Waals surface area contributed by atoms with E-state index in [0.29, 0.717) is 6.54 Å². The van der Waals surface area contributed by atoms with Crippen molar-refractivity contribution in [2.24, 2.45) is 0 Å². The van der Waals surface area contributed by atoms with Gasteiger partial charge in [0, 0.05) is 42.8 Å². The van der Waals surface area contributed by atoms with Gasteiger partial charge in [-0.05, 0) is 60.7 Å². The molecular formula is C27H25FN4O2S. The number of benzene rings is 3. The number of hydrogen-bond donors (Lipinski definition) is 1. The van der Waals surface area contributed by atoms with Gasteiger partial charge < -0.3 is 15.0 Å². The van der Waals surface area contributed by atoms with Crippen molar-refractivity contribution in [1.29, 1.82) is 0 Å². The molecule has 0 radical (unpaired) electrons. The Morgan fingerprint density at radius 3 is 2.31 bits per heavy atom. The van der Waals surface area contributed by atoms with E-state index in [2.05, 4.69) is 15.1 Å². The number of hydrogen-bond acceptors (Lipinski definition) is 6. The molecule has 0 saturated carbocycles. The molecule has 178 valence electrons. The zero-order valence-corrected chi connectivity index (χ0v) is 19.9. The number of piperazine rings is 1. The first-order valence-electron chi connectivity index (χ1n) is 11.4. The molecule has 8 heteroatoms. The van der Waals surface area contributed by atoms with Crippen molar-refractivity contribution in [2.75, 3.05) is 42.9 Å². The van der Waals surface area contributed by atoms with Crippen molar-refractivity contribution >= 4 is 28.1 Å². The fourth-order valence-electron chi connectivity index (χ4n) is 3.89. The highest BCUT2D eigenvalue weighted by molar-refractivity contribution is 7.14. The number of rotatable bonds is 7. The predicted molar refractivity (Wildman–Crippen MR) is 138 cm³/mol. The largest absolute Gasteiger partial charge is 0.457 e. The van der Waals surface area contributed by atoms with Crippen molar-refractivity contribution in [3.63, 3.8) is 0 Å². The summed E-state index contributed by atoms with van der Waals surface area (Å²) in [5.41, 5.74) is 2.50. The third kappa shape index (κ3) is 6.03. The van der Waals surface area contributed by atoms with E-state index >= 15 is 0 Å².